The van der Waals surface area contributed by atoms with E-state index in [0.717, 1.165) is 38.5 Å². The number of hydrogen-bond acceptors (Lipinski definition) is 3. The Morgan fingerprint density at radius 3 is 1.38 bits per heavy atom. The third-order valence-corrected chi connectivity index (χ3v) is 4.17. The molecule has 1 N–H and O–H groups in total. The molecular formula is C16H35O4P. The van der Waals surface area contributed by atoms with Crippen molar-refractivity contribution in [1.82, 2.24) is 0 Å². The van der Waals surface area contributed by atoms with Crippen molar-refractivity contribution in [3.63, 3.8) is 0 Å². The van der Waals surface area contributed by atoms with Gasteiger partial charge in [-0.3, -0.25) is 9.05 Å². The highest BCUT2D eigenvalue weighted by molar-refractivity contribution is 7.47. The van der Waals surface area contributed by atoms with Gasteiger partial charge in [0.2, 0.25) is 0 Å². The average Bonchev–Trinajstić information content (AvgIpc) is 2.24. The van der Waals surface area contributed by atoms with Crippen LogP contribution in [0.1, 0.15) is 80.1 Å². The predicted octanol–water partition coefficient (Wildman–Crippen LogP) is 5.55. The van der Waals surface area contributed by atoms with E-state index in [0.29, 0.717) is 10.8 Å². The van der Waals surface area contributed by atoms with E-state index >= 15 is 0 Å². The third-order valence-electron chi connectivity index (χ3n) is 3.15. The summed E-state index contributed by atoms with van der Waals surface area (Å²) < 4.78 is 21.6. The fourth-order valence-corrected chi connectivity index (χ4v) is 2.71. The number of phosphoric ester groups is 1. The van der Waals surface area contributed by atoms with E-state index in [9.17, 15) is 9.46 Å². The van der Waals surface area contributed by atoms with Gasteiger partial charge in [-0.1, -0.05) is 54.4 Å². The van der Waals surface area contributed by atoms with Crippen LogP contribution in [0.15, 0.2) is 0 Å². The molecule has 0 radical (unpaired) electrons. The Balaban J connectivity index is 3.63. The Kier molecular flexibility index (Phi) is 9.34. The summed E-state index contributed by atoms with van der Waals surface area (Å²) in [6.45, 7) is 13.7. The summed E-state index contributed by atoms with van der Waals surface area (Å²) >= 11 is 0. The van der Waals surface area contributed by atoms with Crippen LogP contribution < -0.4 is 0 Å². The summed E-state index contributed by atoms with van der Waals surface area (Å²) in [7, 11) is -3.85. The third kappa shape index (κ3) is 16.3. The molecule has 0 heterocycles. The van der Waals surface area contributed by atoms with Crippen LogP contribution in [0.5, 0.6) is 0 Å². The molecule has 128 valence electrons. The second-order valence-corrected chi connectivity index (χ2v) is 9.62. The van der Waals surface area contributed by atoms with Gasteiger partial charge in [-0.2, -0.15) is 0 Å². The van der Waals surface area contributed by atoms with Gasteiger partial charge in [0, 0.05) is 0 Å². The SMILES string of the molecule is CC(C)(C)CCCCOP(=O)(O)OCCCCC(C)(C)C. The predicted molar refractivity (Wildman–Crippen MR) is 88.3 cm³/mol. The molecule has 4 nitrogen and oxygen atoms in total. The minimum Gasteiger partial charge on any atom is -0.302 e. The van der Waals surface area contributed by atoms with Crippen LogP contribution in [0, 0.1) is 10.8 Å². The molecule has 0 atom stereocenters. The van der Waals surface area contributed by atoms with E-state index in [4.69, 9.17) is 9.05 Å². The first-order chi connectivity index (χ1) is 9.41. The van der Waals surface area contributed by atoms with Gasteiger partial charge in [0.15, 0.2) is 0 Å². The Hall–Kier alpha value is 0.110. The second kappa shape index (κ2) is 9.29. The zero-order valence-corrected chi connectivity index (χ0v) is 15.7. The molecule has 0 unspecified atom stereocenters. The molecule has 0 spiro atoms. The molecule has 0 fully saturated rings. The fourth-order valence-electron chi connectivity index (χ4n) is 1.91. The van der Waals surface area contributed by atoms with Crippen LogP contribution in [-0.4, -0.2) is 18.1 Å². The van der Waals surface area contributed by atoms with E-state index in [1.54, 1.807) is 0 Å². The molecule has 21 heavy (non-hydrogen) atoms. The first kappa shape index (κ1) is 21.1. The Morgan fingerprint density at radius 1 is 0.762 bits per heavy atom. The van der Waals surface area contributed by atoms with Gasteiger partial charge >= 0.3 is 7.82 Å². The summed E-state index contributed by atoms with van der Waals surface area (Å²) in [6.07, 6.45) is 5.73. The lowest BCUT2D eigenvalue weighted by Gasteiger charge is -2.18. The summed E-state index contributed by atoms with van der Waals surface area (Å²) in [4.78, 5) is 9.54. The van der Waals surface area contributed by atoms with Crippen LogP contribution >= 0.6 is 7.82 Å². The van der Waals surface area contributed by atoms with Gasteiger partial charge in [0.1, 0.15) is 0 Å². The van der Waals surface area contributed by atoms with Crippen LogP contribution in [0.25, 0.3) is 0 Å². The molecule has 0 aromatic heterocycles. The van der Waals surface area contributed by atoms with Crippen LogP contribution in [0.4, 0.5) is 0 Å². The van der Waals surface area contributed by atoms with Crippen molar-refractivity contribution in [1.29, 1.82) is 0 Å². The first-order valence-electron chi connectivity index (χ1n) is 8.03. The number of rotatable bonds is 10. The number of phosphoric acid groups is 1. The molecule has 0 aliphatic heterocycles. The molecule has 0 rings (SSSR count). The van der Waals surface area contributed by atoms with Crippen LogP contribution in [-0.2, 0) is 13.6 Å². The highest BCUT2D eigenvalue weighted by Gasteiger charge is 2.20. The number of unbranched alkanes of at least 4 members (excludes halogenated alkanes) is 2. The van der Waals surface area contributed by atoms with Gasteiger partial charge in [-0.15, -0.1) is 0 Å². The van der Waals surface area contributed by atoms with Gasteiger partial charge in [0.25, 0.3) is 0 Å². The molecule has 0 aromatic rings. The summed E-state index contributed by atoms with van der Waals surface area (Å²) in [5.74, 6) is 0. The van der Waals surface area contributed by atoms with E-state index in [2.05, 4.69) is 41.5 Å². The van der Waals surface area contributed by atoms with Gasteiger partial charge < -0.3 is 4.89 Å². The van der Waals surface area contributed by atoms with Gasteiger partial charge in [-0.25, -0.2) is 4.57 Å². The van der Waals surface area contributed by atoms with Crippen molar-refractivity contribution in [3.8, 4) is 0 Å². The molecular weight excluding hydrogens is 287 g/mol. The normalized spacial score (nSPS) is 13.7. The molecule has 0 amide bonds. The van der Waals surface area contributed by atoms with E-state index < -0.39 is 7.82 Å². The molecule has 0 aromatic carbocycles. The fraction of sp³-hybridized carbons (Fsp3) is 1.00. The lowest BCUT2D eigenvalue weighted by Crippen LogP contribution is -2.06. The minimum absolute atomic E-state index is 0.284. The van der Waals surface area contributed by atoms with Crippen LogP contribution in [0.3, 0.4) is 0 Å². The van der Waals surface area contributed by atoms with Crippen molar-refractivity contribution < 1.29 is 18.5 Å². The molecule has 0 saturated heterocycles. The topological polar surface area (TPSA) is 55.8 Å². The Morgan fingerprint density at radius 2 is 1.10 bits per heavy atom. The second-order valence-electron chi connectivity index (χ2n) is 8.17. The highest BCUT2D eigenvalue weighted by Crippen LogP contribution is 2.43. The lowest BCUT2D eigenvalue weighted by molar-refractivity contribution is 0.143. The molecule has 0 bridgehead atoms. The Labute approximate surface area is 131 Å². The maximum atomic E-state index is 11.6. The maximum Gasteiger partial charge on any atom is 0.472 e. The average molecular weight is 322 g/mol. The van der Waals surface area contributed by atoms with E-state index in [1.165, 1.54) is 0 Å². The maximum absolute atomic E-state index is 11.6. The zero-order chi connectivity index (χ0) is 16.6. The van der Waals surface area contributed by atoms with Crippen molar-refractivity contribution in [2.75, 3.05) is 13.2 Å². The smallest absolute Gasteiger partial charge is 0.302 e. The van der Waals surface area contributed by atoms with Crippen molar-refractivity contribution in [3.05, 3.63) is 0 Å². The largest absolute Gasteiger partial charge is 0.472 e. The van der Waals surface area contributed by atoms with Crippen molar-refractivity contribution in [2.45, 2.75) is 80.1 Å². The molecule has 0 aliphatic carbocycles. The minimum atomic E-state index is -3.85. The van der Waals surface area contributed by atoms with Crippen molar-refractivity contribution in [2.24, 2.45) is 10.8 Å². The first-order valence-corrected chi connectivity index (χ1v) is 9.53. The molecule has 0 aliphatic rings. The summed E-state index contributed by atoms with van der Waals surface area (Å²) in [5, 5.41) is 0. The summed E-state index contributed by atoms with van der Waals surface area (Å²) in [5.41, 5.74) is 0.596. The summed E-state index contributed by atoms with van der Waals surface area (Å²) in [6, 6.07) is 0. The quantitative estimate of drug-likeness (QED) is 0.423. The van der Waals surface area contributed by atoms with Gasteiger partial charge in [0.05, 0.1) is 13.2 Å². The van der Waals surface area contributed by atoms with Gasteiger partial charge in [-0.05, 0) is 36.5 Å². The van der Waals surface area contributed by atoms with Crippen molar-refractivity contribution >= 4 is 7.82 Å². The monoisotopic (exact) mass is 322 g/mol. The molecule has 5 heteroatoms. The van der Waals surface area contributed by atoms with E-state index in [-0.39, 0.29) is 13.2 Å². The lowest BCUT2D eigenvalue weighted by atomic mass is 9.90. The van der Waals surface area contributed by atoms with E-state index in [1.807, 2.05) is 0 Å². The standard InChI is InChI=1S/C16H35O4P/c1-15(2,3)11-7-9-13-19-21(17,18)20-14-10-8-12-16(4,5)6/h7-14H2,1-6H3,(H,17,18). The molecule has 0 saturated carbocycles. The highest BCUT2D eigenvalue weighted by atomic mass is 31.2. The number of hydrogen-bond donors (Lipinski definition) is 1. The zero-order valence-electron chi connectivity index (χ0n) is 14.8. The van der Waals surface area contributed by atoms with Crippen LogP contribution in [0.2, 0.25) is 0 Å². The Bertz CT molecular complexity index is 287.